The summed E-state index contributed by atoms with van der Waals surface area (Å²) in [6, 6.07) is 43.8. The van der Waals surface area contributed by atoms with Crippen molar-refractivity contribution in [2.45, 2.75) is 22.8 Å². The minimum Gasteiger partial charge on any atom is -0.248 e. The van der Waals surface area contributed by atoms with E-state index in [4.69, 9.17) is 9.97 Å². The minimum absolute atomic E-state index is 0.903. The van der Waals surface area contributed by atoms with Gasteiger partial charge in [-0.3, -0.25) is 0 Å². The van der Waals surface area contributed by atoms with Crippen LogP contribution in [0.1, 0.15) is 11.3 Å². The van der Waals surface area contributed by atoms with Crippen LogP contribution in [0.5, 0.6) is 0 Å². The van der Waals surface area contributed by atoms with Gasteiger partial charge in [-0.15, -0.1) is 0 Å². The Hall–Kier alpha value is -4.47. The van der Waals surface area contributed by atoms with Crippen LogP contribution in [0.15, 0.2) is 131 Å². The van der Waals surface area contributed by atoms with Gasteiger partial charge in [0.25, 0.3) is 0 Å². The Kier molecular flexibility index (Phi) is 5.24. The molecule has 0 saturated heterocycles. The zero-order chi connectivity index (χ0) is 25.8. The van der Waals surface area contributed by atoms with Crippen LogP contribution >= 0.6 is 11.8 Å². The van der Waals surface area contributed by atoms with Crippen molar-refractivity contribution < 1.29 is 0 Å². The maximum Gasteiger partial charge on any atom is 0.123 e. The smallest absolute Gasteiger partial charge is 0.123 e. The van der Waals surface area contributed by atoms with Gasteiger partial charge >= 0.3 is 0 Å². The lowest BCUT2D eigenvalue weighted by atomic mass is 9.91. The van der Waals surface area contributed by atoms with Gasteiger partial charge < -0.3 is 0 Å². The van der Waals surface area contributed by atoms with Crippen LogP contribution < -0.4 is 0 Å². The second-order valence-corrected chi connectivity index (χ2v) is 11.2. The largest absolute Gasteiger partial charge is 0.248 e. The number of benzene rings is 6. The lowest BCUT2D eigenvalue weighted by Gasteiger charge is -2.13. The Morgan fingerprint density at radius 1 is 0.513 bits per heavy atom. The monoisotopic (exact) mass is 516 g/mol. The van der Waals surface area contributed by atoms with Crippen LogP contribution in [0.3, 0.4) is 0 Å². The molecule has 1 aromatic heterocycles. The van der Waals surface area contributed by atoms with E-state index in [9.17, 15) is 0 Å². The molecule has 0 saturated carbocycles. The third kappa shape index (κ3) is 3.89. The molecule has 3 heteroatoms. The summed E-state index contributed by atoms with van der Waals surface area (Å²) in [7, 11) is 0. The standard InChI is InChI=1S/C36H24N2S/c1-2-11-28-26(8-1)22-31(30-13-4-3-12-29(28)30)25-10-7-9-23(20-25)24-17-19-35-27(21-24)16-18-34-36(39-35)38-33-15-6-5-14-32(33)37-34/h1-15,17,19-22H,16,18H2. The van der Waals surface area contributed by atoms with E-state index in [2.05, 4.69) is 103 Å². The number of aromatic nitrogens is 2. The number of nitrogens with zero attached hydrogens (tertiary/aromatic N) is 2. The van der Waals surface area contributed by atoms with Gasteiger partial charge in [0.05, 0.1) is 16.7 Å². The van der Waals surface area contributed by atoms with Gasteiger partial charge in [-0.1, -0.05) is 103 Å². The van der Waals surface area contributed by atoms with Gasteiger partial charge in [0.1, 0.15) is 5.03 Å². The Balaban J connectivity index is 1.20. The highest BCUT2D eigenvalue weighted by molar-refractivity contribution is 7.99. The summed E-state index contributed by atoms with van der Waals surface area (Å²) < 4.78 is 0. The molecule has 8 rings (SSSR count). The number of rotatable bonds is 2. The molecule has 184 valence electrons. The molecule has 0 bridgehead atoms. The molecule has 0 aliphatic carbocycles. The maximum atomic E-state index is 4.95. The first-order valence-electron chi connectivity index (χ1n) is 13.4. The fourth-order valence-corrected chi connectivity index (χ4v) is 6.88. The predicted molar refractivity (Wildman–Crippen MR) is 163 cm³/mol. The van der Waals surface area contributed by atoms with Crippen LogP contribution in [0.4, 0.5) is 0 Å². The quantitative estimate of drug-likeness (QED) is 0.214. The van der Waals surface area contributed by atoms with Crippen molar-refractivity contribution in [1.29, 1.82) is 0 Å². The van der Waals surface area contributed by atoms with E-state index < -0.39 is 0 Å². The van der Waals surface area contributed by atoms with Crippen molar-refractivity contribution in [3.63, 3.8) is 0 Å². The van der Waals surface area contributed by atoms with Crippen LogP contribution in [-0.4, -0.2) is 9.97 Å². The molecule has 7 aromatic rings. The van der Waals surface area contributed by atoms with E-state index >= 15 is 0 Å². The summed E-state index contributed by atoms with van der Waals surface area (Å²) in [6.45, 7) is 0. The molecule has 0 spiro atoms. The second-order valence-electron chi connectivity index (χ2n) is 10.2. The zero-order valence-electron chi connectivity index (χ0n) is 21.3. The van der Waals surface area contributed by atoms with Crippen molar-refractivity contribution in [2.75, 3.05) is 0 Å². The van der Waals surface area contributed by atoms with Crippen molar-refractivity contribution in [1.82, 2.24) is 9.97 Å². The van der Waals surface area contributed by atoms with E-state index in [1.54, 1.807) is 11.8 Å². The highest BCUT2D eigenvalue weighted by Gasteiger charge is 2.18. The van der Waals surface area contributed by atoms with Crippen LogP contribution in [0.25, 0.3) is 54.8 Å². The summed E-state index contributed by atoms with van der Waals surface area (Å²) in [5.41, 5.74) is 9.40. The van der Waals surface area contributed by atoms with Gasteiger partial charge in [0.15, 0.2) is 0 Å². The highest BCUT2D eigenvalue weighted by Crippen LogP contribution is 2.39. The fraction of sp³-hybridized carbons (Fsp3) is 0.0556. The SMILES string of the molecule is c1cc(-c2ccc3c(c2)CCc2nc4ccccc4nc2S3)cc(-c2cc3ccccc3c3ccccc23)c1. The lowest BCUT2D eigenvalue weighted by molar-refractivity contribution is 0.868. The van der Waals surface area contributed by atoms with Crippen LogP contribution in [-0.2, 0) is 12.8 Å². The average Bonchev–Trinajstić information content (AvgIpc) is 3.18. The normalized spacial score (nSPS) is 12.8. The molecule has 0 atom stereocenters. The summed E-state index contributed by atoms with van der Waals surface area (Å²) in [6.07, 6.45) is 1.87. The lowest BCUT2D eigenvalue weighted by Crippen LogP contribution is -1.97. The molecule has 0 unspecified atom stereocenters. The van der Waals surface area contributed by atoms with Gasteiger partial charge in [0, 0.05) is 4.90 Å². The Morgan fingerprint density at radius 3 is 2.13 bits per heavy atom. The fourth-order valence-electron chi connectivity index (χ4n) is 5.84. The average molecular weight is 517 g/mol. The van der Waals surface area contributed by atoms with Crippen LogP contribution in [0.2, 0.25) is 0 Å². The molecule has 0 radical (unpaired) electrons. The summed E-state index contributed by atoms with van der Waals surface area (Å²) in [5, 5.41) is 6.19. The Labute approximate surface area is 231 Å². The Morgan fingerprint density at radius 2 is 1.23 bits per heavy atom. The van der Waals surface area contributed by atoms with Gasteiger partial charge in [0.2, 0.25) is 0 Å². The number of hydrogen-bond acceptors (Lipinski definition) is 3. The van der Waals surface area contributed by atoms with E-state index in [0.29, 0.717) is 0 Å². The molecule has 0 N–H and O–H groups in total. The predicted octanol–water partition coefficient (Wildman–Crippen LogP) is 9.52. The third-order valence-corrected chi connectivity index (χ3v) is 8.92. The maximum absolute atomic E-state index is 4.95. The van der Waals surface area contributed by atoms with Crippen molar-refractivity contribution in [2.24, 2.45) is 0 Å². The number of aryl methyl sites for hydroxylation is 2. The Bertz CT molecular complexity index is 2060. The first-order valence-corrected chi connectivity index (χ1v) is 14.2. The van der Waals surface area contributed by atoms with Crippen molar-refractivity contribution in [3.8, 4) is 22.3 Å². The first kappa shape index (κ1) is 22.5. The van der Waals surface area contributed by atoms with Crippen molar-refractivity contribution >= 4 is 44.3 Å². The number of para-hydroxylation sites is 2. The van der Waals surface area contributed by atoms with Gasteiger partial charge in [-0.25, -0.2) is 9.97 Å². The molecular weight excluding hydrogens is 492 g/mol. The van der Waals surface area contributed by atoms with E-state index in [1.807, 2.05) is 18.2 Å². The van der Waals surface area contributed by atoms with Crippen LogP contribution in [0, 0.1) is 0 Å². The third-order valence-electron chi connectivity index (χ3n) is 7.78. The number of hydrogen-bond donors (Lipinski definition) is 0. The molecular formula is C36H24N2S. The molecule has 0 amide bonds. The van der Waals surface area contributed by atoms with Crippen molar-refractivity contribution in [3.05, 3.63) is 133 Å². The second kappa shape index (κ2) is 9.07. The summed E-state index contributed by atoms with van der Waals surface area (Å²) in [5.74, 6) is 0. The first-order chi connectivity index (χ1) is 19.3. The molecule has 2 heterocycles. The molecule has 39 heavy (non-hydrogen) atoms. The molecule has 6 aromatic carbocycles. The highest BCUT2D eigenvalue weighted by atomic mass is 32.2. The molecule has 1 aliphatic heterocycles. The molecule has 0 fully saturated rings. The van der Waals surface area contributed by atoms with Gasteiger partial charge in [-0.05, 0) is 92.5 Å². The van der Waals surface area contributed by atoms with E-state index in [0.717, 1.165) is 34.6 Å². The van der Waals surface area contributed by atoms with Gasteiger partial charge in [-0.2, -0.15) is 0 Å². The van der Waals surface area contributed by atoms with E-state index in [1.165, 1.54) is 54.3 Å². The molecule has 2 nitrogen and oxygen atoms in total. The van der Waals surface area contributed by atoms with E-state index in [-0.39, 0.29) is 0 Å². The topological polar surface area (TPSA) is 25.8 Å². The minimum atomic E-state index is 0.903. The summed E-state index contributed by atoms with van der Waals surface area (Å²) >= 11 is 1.75. The number of fused-ring (bicyclic) bond motifs is 6. The summed E-state index contributed by atoms with van der Waals surface area (Å²) in [4.78, 5) is 11.2. The zero-order valence-corrected chi connectivity index (χ0v) is 22.1. The molecule has 1 aliphatic rings.